The quantitative estimate of drug-likeness (QED) is 0.517. The zero-order valence-electron chi connectivity index (χ0n) is 9.03. The van der Waals surface area contributed by atoms with Gasteiger partial charge in [0.1, 0.15) is 5.60 Å². The molecule has 0 unspecified atom stereocenters. The second-order valence-corrected chi connectivity index (χ2v) is 6.48. The standard InChI is InChI=1S/C12H13Cl3O/c1-16-11-6-8-3-2-4-10(8,12(11,14)15)5-9(11)7-13/h6-7H,2-5H2,1H3/b9-7+/t10-,11-/m0/s1. The van der Waals surface area contributed by atoms with Crippen molar-refractivity contribution in [1.82, 2.24) is 0 Å². The summed E-state index contributed by atoms with van der Waals surface area (Å²) in [6.45, 7) is 0. The third-order valence-electron chi connectivity index (χ3n) is 4.53. The number of alkyl halides is 2. The molecule has 0 heterocycles. The zero-order chi connectivity index (χ0) is 11.6. The van der Waals surface area contributed by atoms with Gasteiger partial charge in [-0.15, -0.1) is 0 Å². The fourth-order valence-corrected chi connectivity index (χ4v) is 5.05. The zero-order valence-corrected chi connectivity index (χ0v) is 11.3. The fraction of sp³-hybridized carbons (Fsp3) is 0.667. The van der Waals surface area contributed by atoms with Gasteiger partial charge < -0.3 is 4.74 Å². The maximum absolute atomic E-state index is 6.64. The smallest absolute Gasteiger partial charge is 0.164 e. The molecule has 1 spiro atoms. The first-order valence-electron chi connectivity index (χ1n) is 5.49. The van der Waals surface area contributed by atoms with E-state index in [0.29, 0.717) is 0 Å². The highest BCUT2D eigenvalue weighted by Crippen LogP contribution is 2.74. The lowest BCUT2D eigenvalue weighted by molar-refractivity contribution is 0.0580. The Kier molecular flexibility index (Phi) is 2.28. The van der Waals surface area contributed by atoms with Gasteiger partial charge in [-0.05, 0) is 37.3 Å². The van der Waals surface area contributed by atoms with Gasteiger partial charge in [0.05, 0.1) is 0 Å². The molecule has 0 aromatic heterocycles. The Bertz CT molecular complexity index is 412. The molecule has 0 aromatic rings. The van der Waals surface area contributed by atoms with E-state index in [-0.39, 0.29) is 5.41 Å². The van der Waals surface area contributed by atoms with Gasteiger partial charge in [0, 0.05) is 18.1 Å². The second kappa shape index (κ2) is 3.20. The first kappa shape index (κ1) is 11.4. The van der Waals surface area contributed by atoms with E-state index in [1.54, 1.807) is 12.6 Å². The topological polar surface area (TPSA) is 9.23 Å². The second-order valence-electron chi connectivity index (χ2n) is 4.93. The maximum atomic E-state index is 6.64. The summed E-state index contributed by atoms with van der Waals surface area (Å²) >= 11 is 19.2. The molecule has 3 aliphatic rings. The number of halogens is 3. The first-order valence-corrected chi connectivity index (χ1v) is 6.68. The minimum atomic E-state index is -0.901. The molecule has 0 aliphatic heterocycles. The molecule has 88 valence electrons. The lowest BCUT2D eigenvalue weighted by Gasteiger charge is -2.36. The van der Waals surface area contributed by atoms with Crippen molar-refractivity contribution in [3.63, 3.8) is 0 Å². The van der Waals surface area contributed by atoms with E-state index in [2.05, 4.69) is 6.08 Å². The van der Waals surface area contributed by atoms with Gasteiger partial charge in [-0.1, -0.05) is 40.4 Å². The highest BCUT2D eigenvalue weighted by molar-refractivity contribution is 6.51. The third kappa shape index (κ3) is 0.926. The van der Waals surface area contributed by atoms with E-state index in [4.69, 9.17) is 39.5 Å². The third-order valence-corrected chi connectivity index (χ3v) is 6.08. The van der Waals surface area contributed by atoms with Gasteiger partial charge in [0.15, 0.2) is 4.33 Å². The molecule has 4 heteroatoms. The monoisotopic (exact) mass is 278 g/mol. The van der Waals surface area contributed by atoms with Crippen LogP contribution in [0.3, 0.4) is 0 Å². The van der Waals surface area contributed by atoms with Crippen LogP contribution < -0.4 is 0 Å². The predicted octanol–water partition coefficient (Wildman–Crippen LogP) is 4.18. The van der Waals surface area contributed by atoms with Crippen molar-refractivity contribution in [3.05, 3.63) is 22.8 Å². The van der Waals surface area contributed by atoms with E-state index in [9.17, 15) is 0 Å². The summed E-state index contributed by atoms with van der Waals surface area (Å²) in [7, 11) is 1.65. The van der Waals surface area contributed by atoms with Crippen LogP contribution in [0.5, 0.6) is 0 Å². The lowest BCUT2D eigenvalue weighted by Crippen LogP contribution is -2.45. The molecule has 2 bridgehead atoms. The highest BCUT2D eigenvalue weighted by atomic mass is 35.5. The number of fused-ring (bicyclic) bond motifs is 1. The van der Waals surface area contributed by atoms with Gasteiger partial charge in [-0.3, -0.25) is 0 Å². The average molecular weight is 280 g/mol. The minimum absolute atomic E-state index is 0.132. The summed E-state index contributed by atoms with van der Waals surface area (Å²) < 4.78 is 4.75. The van der Waals surface area contributed by atoms with Crippen LogP contribution >= 0.6 is 34.8 Å². The van der Waals surface area contributed by atoms with Crippen LogP contribution in [0.25, 0.3) is 0 Å². The van der Waals surface area contributed by atoms with Crippen molar-refractivity contribution in [3.8, 4) is 0 Å². The molecule has 16 heavy (non-hydrogen) atoms. The number of ether oxygens (including phenoxy) is 1. The Morgan fingerprint density at radius 1 is 1.44 bits per heavy atom. The van der Waals surface area contributed by atoms with Crippen LogP contribution in [-0.2, 0) is 4.74 Å². The SMILES string of the molecule is CO[C@@]12C=C3CCC[C@@]3(C/C1=C\Cl)C2(Cl)Cl. The highest BCUT2D eigenvalue weighted by Gasteiger charge is 2.74. The Balaban J connectivity index is 2.26. The van der Waals surface area contributed by atoms with E-state index in [0.717, 1.165) is 31.3 Å². The van der Waals surface area contributed by atoms with Crippen molar-refractivity contribution in [2.45, 2.75) is 35.6 Å². The predicted molar refractivity (Wildman–Crippen MR) is 67.1 cm³/mol. The Labute approximate surface area is 110 Å². The van der Waals surface area contributed by atoms with E-state index >= 15 is 0 Å². The van der Waals surface area contributed by atoms with Crippen molar-refractivity contribution in [2.75, 3.05) is 7.11 Å². The average Bonchev–Trinajstić information content (AvgIpc) is 2.81. The van der Waals surface area contributed by atoms with Crippen LogP contribution in [0.2, 0.25) is 0 Å². The fourth-order valence-electron chi connectivity index (χ4n) is 3.74. The van der Waals surface area contributed by atoms with Crippen molar-refractivity contribution < 1.29 is 4.74 Å². The number of methoxy groups -OCH3 is 1. The summed E-state index contributed by atoms with van der Waals surface area (Å²) in [5.74, 6) is 0. The van der Waals surface area contributed by atoms with Crippen LogP contribution in [0.1, 0.15) is 25.7 Å². The molecule has 0 amide bonds. The summed E-state index contributed by atoms with van der Waals surface area (Å²) in [5, 5.41) is 0. The molecular formula is C12H13Cl3O. The molecule has 1 nitrogen and oxygen atoms in total. The molecule has 3 aliphatic carbocycles. The van der Waals surface area contributed by atoms with Gasteiger partial charge in [-0.2, -0.15) is 0 Å². The number of rotatable bonds is 1. The van der Waals surface area contributed by atoms with Crippen molar-refractivity contribution in [1.29, 1.82) is 0 Å². The van der Waals surface area contributed by atoms with Crippen molar-refractivity contribution >= 4 is 34.8 Å². The Morgan fingerprint density at radius 3 is 2.81 bits per heavy atom. The largest absolute Gasteiger partial charge is 0.366 e. The molecule has 2 atom stereocenters. The molecular weight excluding hydrogens is 266 g/mol. The summed E-state index contributed by atoms with van der Waals surface area (Å²) in [6.07, 6.45) is 6.22. The van der Waals surface area contributed by atoms with Crippen molar-refractivity contribution in [2.24, 2.45) is 5.41 Å². The molecule has 2 saturated carbocycles. The van der Waals surface area contributed by atoms with E-state index < -0.39 is 9.93 Å². The van der Waals surface area contributed by atoms with Crippen LogP contribution in [0.15, 0.2) is 22.8 Å². The molecule has 2 fully saturated rings. The minimum Gasteiger partial charge on any atom is -0.366 e. The van der Waals surface area contributed by atoms with Gasteiger partial charge in [0.25, 0.3) is 0 Å². The van der Waals surface area contributed by atoms with Gasteiger partial charge >= 0.3 is 0 Å². The molecule has 0 radical (unpaired) electrons. The summed E-state index contributed by atoms with van der Waals surface area (Å²) in [6, 6.07) is 0. The maximum Gasteiger partial charge on any atom is 0.164 e. The molecule has 0 N–H and O–H groups in total. The molecule has 3 rings (SSSR count). The molecule has 0 aromatic carbocycles. The number of hydrogen-bond acceptors (Lipinski definition) is 1. The van der Waals surface area contributed by atoms with E-state index in [1.165, 1.54) is 5.57 Å². The van der Waals surface area contributed by atoms with Crippen LogP contribution in [0, 0.1) is 5.41 Å². The Morgan fingerprint density at radius 2 is 2.19 bits per heavy atom. The van der Waals surface area contributed by atoms with E-state index in [1.807, 2.05) is 0 Å². The van der Waals surface area contributed by atoms with Crippen LogP contribution in [0.4, 0.5) is 0 Å². The van der Waals surface area contributed by atoms with Crippen LogP contribution in [-0.4, -0.2) is 17.0 Å². The summed E-state index contributed by atoms with van der Waals surface area (Å²) in [4.78, 5) is 0. The van der Waals surface area contributed by atoms with Gasteiger partial charge in [0.2, 0.25) is 0 Å². The number of allylic oxidation sites excluding steroid dienone is 1. The summed E-state index contributed by atoms with van der Waals surface area (Å²) in [5.41, 5.74) is 3.12. The van der Waals surface area contributed by atoms with Gasteiger partial charge in [-0.25, -0.2) is 0 Å². The normalized spacial score (nSPS) is 46.2. The lowest BCUT2D eigenvalue weighted by atomic mass is 9.81. The Hall–Kier alpha value is 0.310. The number of hydrogen-bond donors (Lipinski definition) is 0. The molecule has 0 saturated heterocycles. The first-order chi connectivity index (χ1) is 7.54.